The fourth-order valence-electron chi connectivity index (χ4n) is 4.38. The van der Waals surface area contributed by atoms with Crippen LogP contribution in [0.1, 0.15) is 6.92 Å². The van der Waals surface area contributed by atoms with E-state index in [4.69, 9.17) is 47.9 Å². The molecule has 2 heterocycles. The van der Waals surface area contributed by atoms with Gasteiger partial charge in [0, 0.05) is 0 Å². The molecule has 4 rings (SSSR count). The lowest BCUT2D eigenvalue weighted by Crippen LogP contribution is -2.72. The highest BCUT2D eigenvalue weighted by Crippen LogP contribution is 2.38. The standard InChI is InChI=1S/C25H31Cl2NO12/c1-24(35)20(33)18(31)16(8-29)39-22(24)37-14-4-2-10(6-12(14)26)11-3-5-15(13(27)7-11)38-23-25(28,36)21(34)19(32)17(9-30)40-23/h2-7,16-23,29-36H,8-9,28H2,1H3/t16-,17-,18-,19-,20+,21+,22+,23+,24+,25+/m1/s1. The van der Waals surface area contributed by atoms with Gasteiger partial charge in [0.2, 0.25) is 18.3 Å². The maximum Gasteiger partial charge on any atom is 0.245 e. The van der Waals surface area contributed by atoms with E-state index in [0.717, 1.165) is 0 Å². The first-order valence-electron chi connectivity index (χ1n) is 12.1. The maximum atomic E-state index is 10.7. The molecule has 2 saturated heterocycles. The molecule has 0 unspecified atom stereocenters. The van der Waals surface area contributed by atoms with Gasteiger partial charge in [0.15, 0.2) is 5.60 Å². The van der Waals surface area contributed by atoms with E-state index in [1.165, 1.54) is 31.2 Å². The van der Waals surface area contributed by atoms with E-state index in [9.17, 15) is 40.9 Å². The van der Waals surface area contributed by atoms with E-state index in [0.29, 0.717) is 11.1 Å². The molecule has 0 spiro atoms. The minimum absolute atomic E-state index is 0.0153. The predicted octanol–water partition coefficient (Wildman–Crippen LogP) is -1.31. The van der Waals surface area contributed by atoms with Crippen LogP contribution in [0.5, 0.6) is 11.5 Å². The molecule has 0 aromatic heterocycles. The van der Waals surface area contributed by atoms with E-state index in [2.05, 4.69) is 0 Å². The Morgan fingerprint density at radius 3 is 1.65 bits per heavy atom. The quantitative estimate of drug-likeness (QED) is 0.167. The van der Waals surface area contributed by atoms with Gasteiger partial charge in [-0.2, -0.15) is 0 Å². The molecule has 10 N–H and O–H groups in total. The highest BCUT2D eigenvalue weighted by molar-refractivity contribution is 6.33. The second-order valence-electron chi connectivity index (χ2n) is 9.89. The maximum absolute atomic E-state index is 10.7. The summed E-state index contributed by atoms with van der Waals surface area (Å²) in [5, 5.41) is 80.4. The Bertz CT molecular complexity index is 1110. The molecule has 40 heavy (non-hydrogen) atoms. The van der Waals surface area contributed by atoms with Crippen molar-refractivity contribution in [1.29, 1.82) is 0 Å². The van der Waals surface area contributed by atoms with Crippen LogP contribution in [0.2, 0.25) is 10.0 Å². The molecule has 0 radical (unpaired) electrons. The summed E-state index contributed by atoms with van der Waals surface area (Å²) < 4.78 is 22.0. The number of aliphatic hydroxyl groups is 8. The van der Waals surface area contributed by atoms with Gasteiger partial charge >= 0.3 is 0 Å². The van der Waals surface area contributed by atoms with Crippen LogP contribution >= 0.6 is 23.2 Å². The molecule has 2 aliphatic heterocycles. The number of ether oxygens (including phenoxy) is 4. The van der Waals surface area contributed by atoms with Gasteiger partial charge in [-0.15, -0.1) is 0 Å². The molecule has 0 aliphatic carbocycles. The Morgan fingerprint density at radius 2 is 1.20 bits per heavy atom. The number of halogens is 2. The number of benzene rings is 2. The van der Waals surface area contributed by atoms with E-state index < -0.39 is 73.7 Å². The van der Waals surface area contributed by atoms with Crippen molar-refractivity contribution in [2.45, 2.75) is 67.5 Å². The summed E-state index contributed by atoms with van der Waals surface area (Å²) >= 11 is 12.8. The number of rotatable bonds is 7. The number of nitrogens with two attached hydrogens (primary N) is 1. The molecule has 13 nitrogen and oxygen atoms in total. The third-order valence-corrected chi connectivity index (χ3v) is 7.55. The second-order valence-corrected chi connectivity index (χ2v) is 10.7. The zero-order valence-corrected chi connectivity index (χ0v) is 22.6. The molecule has 15 heteroatoms. The number of aliphatic hydroxyl groups excluding tert-OH is 6. The van der Waals surface area contributed by atoms with Crippen LogP contribution < -0.4 is 15.2 Å². The summed E-state index contributed by atoms with van der Waals surface area (Å²) in [5.41, 5.74) is 2.32. The Balaban J connectivity index is 1.51. The smallest absolute Gasteiger partial charge is 0.245 e. The summed E-state index contributed by atoms with van der Waals surface area (Å²) in [7, 11) is 0. The van der Waals surface area contributed by atoms with Gasteiger partial charge in [0.05, 0.1) is 23.3 Å². The van der Waals surface area contributed by atoms with Gasteiger partial charge in [0.1, 0.15) is 48.1 Å². The van der Waals surface area contributed by atoms with Gasteiger partial charge in [-0.1, -0.05) is 35.3 Å². The van der Waals surface area contributed by atoms with Crippen molar-refractivity contribution < 1.29 is 59.8 Å². The fraction of sp³-hybridized carbons (Fsp3) is 0.520. The van der Waals surface area contributed by atoms with E-state index in [1.54, 1.807) is 12.1 Å². The summed E-state index contributed by atoms with van der Waals surface area (Å²) in [5.74, 6) is 0.0966. The van der Waals surface area contributed by atoms with Crippen molar-refractivity contribution in [2.75, 3.05) is 13.2 Å². The normalized spacial score (nSPS) is 38.2. The van der Waals surface area contributed by atoms with Crippen LogP contribution in [-0.4, -0.2) is 115 Å². The van der Waals surface area contributed by atoms with Crippen LogP contribution in [0, 0.1) is 0 Å². The van der Waals surface area contributed by atoms with Crippen LogP contribution in [0.15, 0.2) is 36.4 Å². The number of hydrogen-bond donors (Lipinski definition) is 9. The van der Waals surface area contributed by atoms with Crippen LogP contribution in [0.3, 0.4) is 0 Å². The van der Waals surface area contributed by atoms with Gasteiger partial charge in [-0.3, -0.25) is 5.73 Å². The van der Waals surface area contributed by atoms with E-state index in [1.807, 2.05) is 0 Å². The molecular formula is C25H31Cl2NO12. The average molecular weight is 608 g/mol. The van der Waals surface area contributed by atoms with Gasteiger partial charge in [0.25, 0.3) is 0 Å². The van der Waals surface area contributed by atoms with Crippen molar-refractivity contribution in [3.63, 3.8) is 0 Å². The lowest BCUT2D eigenvalue weighted by atomic mass is 9.88. The lowest BCUT2D eigenvalue weighted by molar-refractivity contribution is -0.319. The molecule has 2 aromatic rings. The largest absolute Gasteiger partial charge is 0.460 e. The molecule has 10 atom stereocenters. The van der Waals surface area contributed by atoms with Crippen LogP contribution in [-0.2, 0) is 9.47 Å². The van der Waals surface area contributed by atoms with E-state index >= 15 is 0 Å². The summed E-state index contributed by atoms with van der Waals surface area (Å²) in [6.07, 6.45) is -12.3. The Morgan fingerprint density at radius 1 is 0.775 bits per heavy atom. The fourth-order valence-corrected chi connectivity index (χ4v) is 4.83. The molecule has 2 fully saturated rings. The minimum Gasteiger partial charge on any atom is -0.460 e. The first-order valence-corrected chi connectivity index (χ1v) is 12.9. The van der Waals surface area contributed by atoms with Crippen molar-refractivity contribution in [1.82, 2.24) is 0 Å². The van der Waals surface area contributed by atoms with Crippen molar-refractivity contribution in [2.24, 2.45) is 5.73 Å². The predicted molar refractivity (Wildman–Crippen MR) is 138 cm³/mol. The molecule has 0 amide bonds. The van der Waals surface area contributed by atoms with Crippen molar-refractivity contribution in [3.05, 3.63) is 46.4 Å². The van der Waals surface area contributed by atoms with Crippen LogP contribution in [0.4, 0.5) is 0 Å². The first-order chi connectivity index (χ1) is 18.7. The highest BCUT2D eigenvalue weighted by Gasteiger charge is 2.55. The Labute approximate surface area is 238 Å². The molecule has 2 aromatic carbocycles. The van der Waals surface area contributed by atoms with E-state index in [-0.39, 0.29) is 21.5 Å². The summed E-state index contributed by atoms with van der Waals surface area (Å²) in [6.45, 7) is -0.0801. The highest BCUT2D eigenvalue weighted by atomic mass is 35.5. The van der Waals surface area contributed by atoms with Gasteiger partial charge in [-0.05, 0) is 42.3 Å². The average Bonchev–Trinajstić information content (AvgIpc) is 2.91. The zero-order chi connectivity index (χ0) is 29.6. The Hall–Kier alpha value is -1.82. The first kappa shape index (κ1) is 31.1. The molecule has 2 aliphatic rings. The molecule has 0 saturated carbocycles. The van der Waals surface area contributed by atoms with Crippen molar-refractivity contribution >= 4 is 23.2 Å². The molecule has 222 valence electrons. The monoisotopic (exact) mass is 607 g/mol. The lowest BCUT2D eigenvalue weighted by Gasteiger charge is -2.45. The summed E-state index contributed by atoms with van der Waals surface area (Å²) in [6, 6.07) is 9.17. The SMILES string of the molecule is C[C@@]1(O)[C@@H](Oc2ccc(-c3ccc(O[C@H]4O[C@H](CO)[C@@H](O)[C@H](O)[C@]4(N)O)c(Cl)c3)cc2Cl)O[C@H](CO)[C@@H](O)[C@@H]1O. The van der Waals surface area contributed by atoms with Gasteiger partial charge in [-0.25, -0.2) is 0 Å². The topological polar surface area (TPSA) is 225 Å². The zero-order valence-electron chi connectivity index (χ0n) is 21.0. The van der Waals surface area contributed by atoms with Gasteiger partial charge < -0.3 is 59.8 Å². The third kappa shape index (κ3) is 5.76. The number of hydrogen-bond acceptors (Lipinski definition) is 13. The molecule has 0 bridgehead atoms. The van der Waals surface area contributed by atoms with Crippen LogP contribution in [0.25, 0.3) is 11.1 Å². The van der Waals surface area contributed by atoms with Crippen molar-refractivity contribution in [3.8, 4) is 22.6 Å². The summed E-state index contributed by atoms with van der Waals surface area (Å²) in [4.78, 5) is 0. The molecular weight excluding hydrogens is 577 g/mol. The second kappa shape index (κ2) is 11.8. The third-order valence-electron chi connectivity index (χ3n) is 6.96. The minimum atomic E-state index is -2.52. The Kier molecular flexibility index (Phi) is 9.19.